The van der Waals surface area contributed by atoms with Crippen molar-refractivity contribution in [1.82, 2.24) is 9.21 Å². The second kappa shape index (κ2) is 7.91. The standard InChI is InChI=1S/C17H19F3N2O4S/c18-17(19,20)26-14-4-6-16(7-5-14)27(23,24)22-9-2-8-21(10-11-22)13-15-3-1-12-25-15/h1,3-7,12H,2,8-11,13H2. The largest absolute Gasteiger partial charge is 0.573 e. The molecule has 0 radical (unpaired) electrons. The van der Waals surface area contributed by atoms with Gasteiger partial charge in [-0.3, -0.25) is 4.90 Å². The third kappa shape index (κ3) is 5.24. The Bertz CT molecular complexity index is 836. The number of halogens is 3. The van der Waals surface area contributed by atoms with Crippen LogP contribution in [0.25, 0.3) is 0 Å². The Labute approximate surface area is 155 Å². The number of ether oxygens (including phenoxy) is 1. The van der Waals surface area contributed by atoms with Crippen molar-refractivity contribution in [3.63, 3.8) is 0 Å². The zero-order valence-corrected chi connectivity index (χ0v) is 15.2. The first-order chi connectivity index (χ1) is 12.7. The number of furan rings is 1. The van der Waals surface area contributed by atoms with Gasteiger partial charge < -0.3 is 9.15 Å². The highest BCUT2D eigenvalue weighted by molar-refractivity contribution is 7.89. The Balaban J connectivity index is 1.65. The molecule has 1 saturated heterocycles. The summed E-state index contributed by atoms with van der Waals surface area (Å²) < 4.78 is 72.7. The highest BCUT2D eigenvalue weighted by Gasteiger charge is 2.32. The summed E-state index contributed by atoms with van der Waals surface area (Å²) in [7, 11) is -3.78. The van der Waals surface area contributed by atoms with E-state index in [1.807, 2.05) is 6.07 Å². The van der Waals surface area contributed by atoms with Crippen LogP contribution in [0, 0.1) is 0 Å². The van der Waals surface area contributed by atoms with Gasteiger partial charge in [-0.2, -0.15) is 4.31 Å². The molecule has 0 amide bonds. The minimum absolute atomic E-state index is 0.0588. The van der Waals surface area contributed by atoms with Gasteiger partial charge >= 0.3 is 6.36 Å². The molecule has 148 valence electrons. The van der Waals surface area contributed by atoms with Gasteiger partial charge in [0.2, 0.25) is 10.0 Å². The van der Waals surface area contributed by atoms with Gasteiger partial charge in [0, 0.05) is 19.6 Å². The fourth-order valence-electron chi connectivity index (χ4n) is 2.93. The molecule has 0 saturated carbocycles. The van der Waals surface area contributed by atoms with E-state index in [0.717, 1.165) is 36.6 Å². The number of nitrogens with zero attached hydrogens (tertiary/aromatic N) is 2. The molecule has 2 aromatic rings. The first kappa shape index (κ1) is 19.7. The second-order valence-electron chi connectivity index (χ2n) is 6.13. The lowest BCUT2D eigenvalue weighted by atomic mass is 10.3. The van der Waals surface area contributed by atoms with E-state index in [2.05, 4.69) is 9.64 Å². The molecule has 0 atom stereocenters. The number of rotatable bonds is 5. The van der Waals surface area contributed by atoms with Crippen molar-refractivity contribution in [2.45, 2.75) is 24.2 Å². The molecule has 10 heteroatoms. The maximum Gasteiger partial charge on any atom is 0.573 e. The highest BCUT2D eigenvalue weighted by Crippen LogP contribution is 2.25. The molecule has 1 aromatic heterocycles. The molecule has 1 fully saturated rings. The molecule has 0 N–H and O–H groups in total. The van der Waals surface area contributed by atoms with E-state index in [9.17, 15) is 21.6 Å². The SMILES string of the molecule is O=S(=O)(c1ccc(OC(F)(F)F)cc1)N1CCCN(Cc2ccco2)CC1. The first-order valence-electron chi connectivity index (χ1n) is 8.35. The van der Waals surface area contributed by atoms with Crippen molar-refractivity contribution in [3.8, 4) is 5.75 Å². The lowest BCUT2D eigenvalue weighted by molar-refractivity contribution is -0.274. The van der Waals surface area contributed by atoms with Gasteiger partial charge in [0.05, 0.1) is 17.7 Å². The Morgan fingerprint density at radius 2 is 1.78 bits per heavy atom. The van der Waals surface area contributed by atoms with Gasteiger partial charge in [-0.05, 0) is 49.4 Å². The molecule has 1 aliphatic heterocycles. The van der Waals surface area contributed by atoms with E-state index in [-0.39, 0.29) is 4.90 Å². The van der Waals surface area contributed by atoms with E-state index in [1.54, 1.807) is 12.3 Å². The first-order valence-corrected chi connectivity index (χ1v) is 9.79. The summed E-state index contributed by atoms with van der Waals surface area (Å²) in [4.78, 5) is 2.05. The third-order valence-electron chi connectivity index (χ3n) is 4.20. The molecule has 0 unspecified atom stereocenters. The fraction of sp³-hybridized carbons (Fsp3) is 0.412. The number of benzene rings is 1. The zero-order valence-electron chi connectivity index (χ0n) is 14.4. The quantitative estimate of drug-likeness (QED) is 0.767. The van der Waals surface area contributed by atoms with E-state index < -0.39 is 22.1 Å². The summed E-state index contributed by atoms with van der Waals surface area (Å²) in [6.45, 7) is 2.51. The summed E-state index contributed by atoms with van der Waals surface area (Å²) in [6.07, 6.45) is -2.58. The predicted molar refractivity (Wildman–Crippen MR) is 90.5 cm³/mol. The summed E-state index contributed by atoms with van der Waals surface area (Å²) in [5, 5.41) is 0. The number of sulfonamides is 1. The maximum atomic E-state index is 12.8. The number of hydrogen-bond donors (Lipinski definition) is 0. The summed E-state index contributed by atoms with van der Waals surface area (Å²) in [5.41, 5.74) is 0. The average Bonchev–Trinajstić information content (AvgIpc) is 2.97. The lowest BCUT2D eigenvalue weighted by Gasteiger charge is -2.21. The molecule has 27 heavy (non-hydrogen) atoms. The van der Waals surface area contributed by atoms with Crippen molar-refractivity contribution >= 4 is 10.0 Å². The van der Waals surface area contributed by atoms with E-state index >= 15 is 0 Å². The van der Waals surface area contributed by atoms with Gasteiger partial charge in [-0.1, -0.05) is 0 Å². The Hall–Kier alpha value is -2.04. The smallest absolute Gasteiger partial charge is 0.468 e. The van der Waals surface area contributed by atoms with Crippen LogP contribution in [0.5, 0.6) is 5.75 Å². The van der Waals surface area contributed by atoms with Crippen molar-refractivity contribution in [2.24, 2.45) is 0 Å². The molecule has 6 nitrogen and oxygen atoms in total. The topological polar surface area (TPSA) is 63.0 Å². The van der Waals surface area contributed by atoms with E-state index in [0.29, 0.717) is 32.6 Å². The van der Waals surface area contributed by atoms with Crippen LogP contribution < -0.4 is 4.74 Å². The molecular weight excluding hydrogens is 385 g/mol. The van der Waals surface area contributed by atoms with Gasteiger partial charge in [0.15, 0.2) is 0 Å². The van der Waals surface area contributed by atoms with Crippen molar-refractivity contribution in [1.29, 1.82) is 0 Å². The minimum atomic E-state index is -4.82. The molecule has 1 aliphatic rings. The zero-order chi connectivity index (χ0) is 19.5. The van der Waals surface area contributed by atoms with Crippen molar-refractivity contribution < 1.29 is 30.7 Å². The molecule has 3 rings (SSSR count). The molecular formula is C17H19F3N2O4S. The molecule has 2 heterocycles. The Morgan fingerprint density at radius 1 is 1.04 bits per heavy atom. The third-order valence-corrected chi connectivity index (χ3v) is 6.11. The molecule has 0 spiro atoms. The van der Waals surface area contributed by atoms with Crippen LogP contribution in [0.1, 0.15) is 12.2 Å². The van der Waals surface area contributed by atoms with Crippen LogP contribution in [-0.4, -0.2) is 50.2 Å². The van der Waals surface area contributed by atoms with Gasteiger partial charge in [0.1, 0.15) is 11.5 Å². The average molecular weight is 404 g/mol. The van der Waals surface area contributed by atoms with E-state index in [1.165, 1.54) is 4.31 Å². The summed E-state index contributed by atoms with van der Waals surface area (Å²) >= 11 is 0. The van der Waals surface area contributed by atoms with Crippen LogP contribution in [-0.2, 0) is 16.6 Å². The predicted octanol–water partition coefficient (Wildman–Crippen LogP) is 3.07. The van der Waals surface area contributed by atoms with Crippen molar-refractivity contribution in [3.05, 3.63) is 48.4 Å². The van der Waals surface area contributed by atoms with Crippen LogP contribution >= 0.6 is 0 Å². The molecule has 0 aliphatic carbocycles. The summed E-state index contributed by atoms with van der Waals surface area (Å²) in [5.74, 6) is 0.355. The normalized spacial score (nSPS) is 17.6. The fourth-order valence-corrected chi connectivity index (χ4v) is 4.40. The van der Waals surface area contributed by atoms with Crippen LogP contribution in [0.4, 0.5) is 13.2 Å². The van der Waals surface area contributed by atoms with Gasteiger partial charge in [-0.25, -0.2) is 8.42 Å². The number of alkyl halides is 3. The van der Waals surface area contributed by atoms with E-state index in [4.69, 9.17) is 4.42 Å². The molecule has 0 bridgehead atoms. The Morgan fingerprint density at radius 3 is 2.41 bits per heavy atom. The lowest BCUT2D eigenvalue weighted by Crippen LogP contribution is -2.35. The highest BCUT2D eigenvalue weighted by atomic mass is 32.2. The summed E-state index contributed by atoms with van der Waals surface area (Å²) in [6, 6.07) is 7.92. The monoisotopic (exact) mass is 404 g/mol. The maximum absolute atomic E-state index is 12.8. The van der Waals surface area contributed by atoms with Crippen LogP contribution in [0.2, 0.25) is 0 Å². The van der Waals surface area contributed by atoms with Crippen LogP contribution in [0.15, 0.2) is 52.0 Å². The van der Waals surface area contributed by atoms with Gasteiger partial charge in [0.25, 0.3) is 0 Å². The van der Waals surface area contributed by atoms with Crippen LogP contribution in [0.3, 0.4) is 0 Å². The molecule has 1 aromatic carbocycles. The second-order valence-corrected chi connectivity index (χ2v) is 8.07. The van der Waals surface area contributed by atoms with Gasteiger partial charge in [-0.15, -0.1) is 13.2 Å². The Kier molecular flexibility index (Phi) is 5.78. The van der Waals surface area contributed by atoms with Crippen molar-refractivity contribution in [2.75, 3.05) is 26.2 Å². The minimum Gasteiger partial charge on any atom is -0.468 e. The number of hydrogen-bond acceptors (Lipinski definition) is 5.